The van der Waals surface area contributed by atoms with Crippen molar-refractivity contribution < 1.29 is 9.47 Å². The van der Waals surface area contributed by atoms with Crippen LogP contribution in [0.15, 0.2) is 17.8 Å². The lowest BCUT2D eigenvalue weighted by Gasteiger charge is -2.23. The molecule has 1 aliphatic rings. The van der Waals surface area contributed by atoms with Gasteiger partial charge in [-0.1, -0.05) is 0 Å². The van der Waals surface area contributed by atoms with Gasteiger partial charge < -0.3 is 14.0 Å². The molecule has 0 aromatic carbocycles. The highest BCUT2D eigenvalue weighted by atomic mass is 32.1. The predicted octanol–water partition coefficient (Wildman–Crippen LogP) is 1.94. The molecule has 0 saturated carbocycles. The molecule has 7 heteroatoms. The number of hydrogen-bond donors (Lipinski definition) is 0. The maximum atomic E-state index is 5.92. The average molecular weight is 336 g/mol. The van der Waals surface area contributed by atoms with Gasteiger partial charge in [0.1, 0.15) is 5.82 Å². The summed E-state index contributed by atoms with van der Waals surface area (Å²) in [6.07, 6.45) is 3.94. The number of thiazole rings is 1. The maximum absolute atomic E-state index is 5.92. The summed E-state index contributed by atoms with van der Waals surface area (Å²) in [5.74, 6) is 1.57. The minimum absolute atomic E-state index is 0.446. The lowest BCUT2D eigenvalue weighted by Crippen LogP contribution is -2.32. The van der Waals surface area contributed by atoms with Crippen LogP contribution < -0.4 is 0 Å². The number of nitrogens with zero attached hydrogens (tertiary/aromatic N) is 4. The van der Waals surface area contributed by atoms with Crippen LogP contribution in [0, 0.1) is 12.8 Å². The lowest BCUT2D eigenvalue weighted by molar-refractivity contribution is 0.0606. The van der Waals surface area contributed by atoms with E-state index in [0.717, 1.165) is 55.9 Å². The monoisotopic (exact) mass is 336 g/mol. The molecule has 0 fully saturated rings. The number of aromatic nitrogens is 3. The highest BCUT2D eigenvalue weighted by Gasteiger charge is 2.22. The Morgan fingerprint density at radius 3 is 3.09 bits per heavy atom. The zero-order valence-electron chi connectivity index (χ0n) is 13.8. The normalized spacial score (nSPS) is 18.8. The fourth-order valence-corrected chi connectivity index (χ4v) is 3.52. The molecule has 0 aliphatic carbocycles. The van der Waals surface area contributed by atoms with E-state index in [1.807, 2.05) is 13.1 Å². The van der Waals surface area contributed by atoms with Gasteiger partial charge in [0.05, 0.1) is 37.1 Å². The average Bonchev–Trinajstić information content (AvgIpc) is 3.10. The Balaban J connectivity index is 1.56. The summed E-state index contributed by atoms with van der Waals surface area (Å²) >= 11 is 1.67. The second-order valence-electron chi connectivity index (χ2n) is 5.96. The second kappa shape index (κ2) is 8.01. The molecule has 6 nitrogen and oxygen atoms in total. The van der Waals surface area contributed by atoms with Crippen molar-refractivity contribution in [2.45, 2.75) is 26.6 Å². The van der Waals surface area contributed by atoms with E-state index in [4.69, 9.17) is 9.47 Å². The van der Waals surface area contributed by atoms with Crippen molar-refractivity contribution >= 4 is 11.3 Å². The highest BCUT2D eigenvalue weighted by Crippen LogP contribution is 2.16. The number of imidazole rings is 1. The van der Waals surface area contributed by atoms with Crippen molar-refractivity contribution in [1.82, 2.24) is 19.4 Å². The summed E-state index contributed by atoms with van der Waals surface area (Å²) in [4.78, 5) is 11.3. The van der Waals surface area contributed by atoms with E-state index in [0.29, 0.717) is 12.5 Å². The number of hydrogen-bond acceptors (Lipinski definition) is 6. The minimum Gasteiger partial charge on any atom is -0.383 e. The minimum atomic E-state index is 0.446. The molecule has 0 spiro atoms. The van der Waals surface area contributed by atoms with Crippen molar-refractivity contribution in [3.05, 3.63) is 34.3 Å². The number of aryl methyl sites for hydroxylation is 1. The second-order valence-corrected chi connectivity index (χ2v) is 7.02. The van der Waals surface area contributed by atoms with E-state index < -0.39 is 0 Å². The number of ether oxygens (including phenoxy) is 2. The molecule has 0 saturated heterocycles. The van der Waals surface area contributed by atoms with Crippen LogP contribution in [0.1, 0.15) is 16.5 Å². The Kier molecular flexibility index (Phi) is 5.77. The highest BCUT2D eigenvalue weighted by molar-refractivity contribution is 7.09. The topological polar surface area (TPSA) is 52.4 Å². The third-order valence-electron chi connectivity index (χ3n) is 4.02. The van der Waals surface area contributed by atoms with Crippen LogP contribution in [0.25, 0.3) is 0 Å². The van der Waals surface area contributed by atoms with Crippen LogP contribution in [0.5, 0.6) is 0 Å². The quantitative estimate of drug-likeness (QED) is 0.773. The zero-order chi connectivity index (χ0) is 16.1. The molecule has 0 amide bonds. The largest absolute Gasteiger partial charge is 0.383 e. The first-order chi connectivity index (χ1) is 11.2. The summed E-state index contributed by atoms with van der Waals surface area (Å²) in [5, 5.41) is 3.16. The van der Waals surface area contributed by atoms with E-state index in [-0.39, 0.29) is 0 Å². The van der Waals surface area contributed by atoms with Gasteiger partial charge >= 0.3 is 0 Å². The van der Waals surface area contributed by atoms with Crippen molar-refractivity contribution in [1.29, 1.82) is 0 Å². The Morgan fingerprint density at radius 1 is 1.39 bits per heavy atom. The first kappa shape index (κ1) is 16.6. The van der Waals surface area contributed by atoms with Crippen molar-refractivity contribution in [2.24, 2.45) is 5.92 Å². The predicted molar refractivity (Wildman–Crippen MR) is 89.4 cm³/mol. The van der Waals surface area contributed by atoms with E-state index >= 15 is 0 Å². The standard InChI is InChI=1S/C16H24N4O2S/c1-13-18-15(12-23-13)11-22-10-14-7-19(5-6-21-2)9-16-17-3-4-20(16)8-14/h3-4,12,14H,5-11H2,1-2H3. The summed E-state index contributed by atoms with van der Waals surface area (Å²) in [6.45, 7) is 7.84. The Bertz CT molecular complexity index is 613. The molecule has 0 bridgehead atoms. The molecule has 1 unspecified atom stereocenters. The van der Waals surface area contributed by atoms with Gasteiger partial charge in [-0.15, -0.1) is 11.3 Å². The van der Waals surface area contributed by atoms with Crippen molar-refractivity contribution in [3.8, 4) is 0 Å². The summed E-state index contributed by atoms with van der Waals surface area (Å²) in [6, 6.07) is 0. The summed E-state index contributed by atoms with van der Waals surface area (Å²) < 4.78 is 13.4. The van der Waals surface area contributed by atoms with Gasteiger partial charge in [0.2, 0.25) is 0 Å². The Hall–Kier alpha value is -1.28. The van der Waals surface area contributed by atoms with Gasteiger partial charge in [-0.05, 0) is 6.92 Å². The van der Waals surface area contributed by atoms with Crippen LogP contribution in [-0.4, -0.2) is 52.8 Å². The molecular weight excluding hydrogens is 312 g/mol. The van der Waals surface area contributed by atoms with Crippen LogP contribution >= 0.6 is 11.3 Å². The molecule has 2 aromatic rings. The summed E-state index contributed by atoms with van der Waals surface area (Å²) in [7, 11) is 1.75. The third-order valence-corrected chi connectivity index (χ3v) is 4.84. The van der Waals surface area contributed by atoms with Gasteiger partial charge in [-0.2, -0.15) is 0 Å². The molecule has 3 heterocycles. The molecule has 1 aliphatic heterocycles. The van der Waals surface area contributed by atoms with Gasteiger partial charge in [0.25, 0.3) is 0 Å². The fraction of sp³-hybridized carbons (Fsp3) is 0.625. The van der Waals surface area contributed by atoms with Gasteiger partial charge in [0.15, 0.2) is 0 Å². The first-order valence-corrected chi connectivity index (χ1v) is 8.82. The van der Waals surface area contributed by atoms with Gasteiger partial charge in [-0.25, -0.2) is 9.97 Å². The molecule has 0 N–H and O–H groups in total. The van der Waals surface area contributed by atoms with E-state index in [1.54, 1.807) is 18.4 Å². The van der Waals surface area contributed by atoms with Crippen LogP contribution in [0.2, 0.25) is 0 Å². The van der Waals surface area contributed by atoms with Crippen LogP contribution in [-0.2, 0) is 29.2 Å². The van der Waals surface area contributed by atoms with E-state index in [2.05, 4.69) is 31.0 Å². The number of methoxy groups -OCH3 is 1. The van der Waals surface area contributed by atoms with Gasteiger partial charge in [-0.3, -0.25) is 4.90 Å². The van der Waals surface area contributed by atoms with Crippen LogP contribution in [0.3, 0.4) is 0 Å². The smallest absolute Gasteiger partial charge is 0.122 e. The Morgan fingerprint density at radius 2 is 2.30 bits per heavy atom. The molecular formula is C16H24N4O2S. The zero-order valence-corrected chi connectivity index (χ0v) is 14.6. The molecule has 23 heavy (non-hydrogen) atoms. The molecule has 0 radical (unpaired) electrons. The van der Waals surface area contributed by atoms with Gasteiger partial charge in [0, 0.05) is 50.4 Å². The van der Waals surface area contributed by atoms with Crippen molar-refractivity contribution in [2.75, 3.05) is 33.4 Å². The van der Waals surface area contributed by atoms with E-state index in [1.165, 1.54) is 0 Å². The first-order valence-electron chi connectivity index (χ1n) is 7.94. The SMILES string of the molecule is COCCN1Cc2nccn2CC(COCc2csc(C)n2)C1. The fourth-order valence-electron chi connectivity index (χ4n) is 2.92. The molecule has 126 valence electrons. The molecule has 1 atom stereocenters. The number of rotatable bonds is 7. The third kappa shape index (κ3) is 4.60. The van der Waals surface area contributed by atoms with Crippen molar-refractivity contribution in [3.63, 3.8) is 0 Å². The van der Waals surface area contributed by atoms with E-state index in [9.17, 15) is 0 Å². The molecule has 2 aromatic heterocycles. The summed E-state index contributed by atoms with van der Waals surface area (Å²) in [5.41, 5.74) is 1.03. The Labute approximate surface area is 141 Å². The lowest BCUT2D eigenvalue weighted by atomic mass is 10.1. The molecule has 3 rings (SSSR count). The van der Waals surface area contributed by atoms with Crippen LogP contribution in [0.4, 0.5) is 0 Å². The number of fused-ring (bicyclic) bond motifs is 1. The maximum Gasteiger partial charge on any atom is 0.122 e.